The van der Waals surface area contributed by atoms with Crippen molar-refractivity contribution in [1.29, 1.82) is 0 Å². The molecule has 0 bridgehead atoms. The zero-order chi connectivity index (χ0) is 11.0. The maximum Gasteiger partial charge on any atom is 0.0975 e. The van der Waals surface area contributed by atoms with E-state index in [4.69, 9.17) is 11.6 Å². The molecule has 0 atom stereocenters. The molecule has 0 aliphatic rings. The van der Waals surface area contributed by atoms with Gasteiger partial charge in [0.2, 0.25) is 0 Å². The quantitative estimate of drug-likeness (QED) is 0.771. The average Bonchev–Trinajstić information content (AvgIpc) is 2.71. The van der Waals surface area contributed by atoms with Crippen molar-refractivity contribution in [2.45, 2.75) is 26.8 Å². The number of aryl methyl sites for hydroxylation is 1. The molecule has 0 unspecified atom stereocenters. The Morgan fingerprint density at radius 2 is 2.13 bits per heavy atom. The Balaban J connectivity index is 2.50. The highest BCUT2D eigenvalue weighted by molar-refractivity contribution is 7.09. The minimum Gasteiger partial charge on any atom is -0.269 e. The van der Waals surface area contributed by atoms with Crippen molar-refractivity contribution in [3.8, 4) is 11.3 Å². The molecule has 2 aromatic rings. The van der Waals surface area contributed by atoms with Crippen molar-refractivity contribution in [2.24, 2.45) is 0 Å². The molecule has 0 aromatic carbocycles. The van der Waals surface area contributed by atoms with E-state index in [1.807, 2.05) is 15.4 Å². The van der Waals surface area contributed by atoms with Gasteiger partial charge in [0, 0.05) is 28.6 Å². The highest BCUT2D eigenvalue weighted by Crippen LogP contribution is 2.32. The largest absolute Gasteiger partial charge is 0.269 e. The van der Waals surface area contributed by atoms with Crippen LogP contribution in [0.5, 0.6) is 0 Å². The molecule has 2 aromatic heterocycles. The van der Waals surface area contributed by atoms with E-state index in [2.05, 4.69) is 32.1 Å². The molecule has 2 heterocycles. The summed E-state index contributed by atoms with van der Waals surface area (Å²) in [6.07, 6.45) is 2.06. The van der Waals surface area contributed by atoms with Crippen molar-refractivity contribution in [2.75, 3.05) is 0 Å². The topological polar surface area (TPSA) is 17.8 Å². The van der Waals surface area contributed by atoms with Gasteiger partial charge in [-0.25, -0.2) is 0 Å². The van der Waals surface area contributed by atoms with Gasteiger partial charge in [-0.1, -0.05) is 11.6 Å². The number of hydrogen-bond donors (Lipinski definition) is 0. The number of halogens is 1. The first-order valence-electron chi connectivity index (χ1n) is 4.87. The van der Waals surface area contributed by atoms with Crippen LogP contribution in [0.25, 0.3) is 11.3 Å². The fourth-order valence-electron chi connectivity index (χ4n) is 1.46. The maximum atomic E-state index is 6.10. The first kappa shape index (κ1) is 10.7. The minimum atomic E-state index is 0.384. The van der Waals surface area contributed by atoms with Crippen LogP contribution in [0.15, 0.2) is 17.0 Å². The fourth-order valence-corrected chi connectivity index (χ4v) is 2.52. The summed E-state index contributed by atoms with van der Waals surface area (Å²) in [5.74, 6) is 0. The summed E-state index contributed by atoms with van der Waals surface area (Å²) in [5, 5.41) is 9.32. The Morgan fingerprint density at radius 1 is 1.40 bits per heavy atom. The van der Waals surface area contributed by atoms with Crippen LogP contribution in [0.2, 0.25) is 5.02 Å². The standard InChI is InChI=1S/C11H13ClN2S/c1-7(2)14-4-8(3)11(13-14)9-5-15-6-10(9)12/h4-7H,1-3H3. The summed E-state index contributed by atoms with van der Waals surface area (Å²) in [6, 6.07) is 0.384. The lowest BCUT2D eigenvalue weighted by Crippen LogP contribution is -2.00. The van der Waals surface area contributed by atoms with Gasteiger partial charge in [-0.05, 0) is 26.3 Å². The van der Waals surface area contributed by atoms with E-state index in [1.165, 1.54) is 5.56 Å². The molecular formula is C11H13ClN2S. The SMILES string of the molecule is Cc1cn(C(C)C)nc1-c1cscc1Cl. The van der Waals surface area contributed by atoms with Crippen LogP contribution in [0.4, 0.5) is 0 Å². The first-order valence-corrected chi connectivity index (χ1v) is 6.19. The van der Waals surface area contributed by atoms with E-state index in [9.17, 15) is 0 Å². The van der Waals surface area contributed by atoms with Gasteiger partial charge in [0.05, 0.1) is 10.7 Å². The molecule has 0 aliphatic heterocycles. The van der Waals surface area contributed by atoms with Crippen LogP contribution < -0.4 is 0 Å². The highest BCUT2D eigenvalue weighted by atomic mass is 35.5. The third-order valence-corrected chi connectivity index (χ3v) is 3.50. The fraction of sp³-hybridized carbons (Fsp3) is 0.364. The van der Waals surface area contributed by atoms with Crippen molar-refractivity contribution in [3.05, 3.63) is 27.5 Å². The van der Waals surface area contributed by atoms with Crippen LogP contribution in [-0.4, -0.2) is 9.78 Å². The van der Waals surface area contributed by atoms with E-state index in [0.29, 0.717) is 6.04 Å². The Kier molecular flexibility index (Phi) is 2.85. The molecule has 2 rings (SSSR count). The Morgan fingerprint density at radius 3 is 2.60 bits per heavy atom. The van der Waals surface area contributed by atoms with Gasteiger partial charge in [-0.15, -0.1) is 0 Å². The van der Waals surface area contributed by atoms with Gasteiger partial charge < -0.3 is 0 Å². The predicted molar refractivity (Wildman–Crippen MR) is 65.7 cm³/mol. The summed E-state index contributed by atoms with van der Waals surface area (Å²) >= 11 is 7.70. The monoisotopic (exact) mass is 240 g/mol. The van der Waals surface area contributed by atoms with E-state index >= 15 is 0 Å². The first-order chi connectivity index (χ1) is 7.09. The van der Waals surface area contributed by atoms with E-state index < -0.39 is 0 Å². The van der Waals surface area contributed by atoms with Crippen molar-refractivity contribution >= 4 is 22.9 Å². The highest BCUT2D eigenvalue weighted by Gasteiger charge is 2.12. The molecule has 0 saturated carbocycles. The smallest absolute Gasteiger partial charge is 0.0975 e. The summed E-state index contributed by atoms with van der Waals surface area (Å²) in [7, 11) is 0. The van der Waals surface area contributed by atoms with Crippen LogP contribution in [-0.2, 0) is 0 Å². The number of rotatable bonds is 2. The van der Waals surface area contributed by atoms with Crippen molar-refractivity contribution in [3.63, 3.8) is 0 Å². The van der Waals surface area contributed by atoms with Crippen LogP contribution in [0.1, 0.15) is 25.5 Å². The summed E-state index contributed by atoms with van der Waals surface area (Å²) in [5.41, 5.74) is 3.21. The summed E-state index contributed by atoms with van der Waals surface area (Å²) in [4.78, 5) is 0. The van der Waals surface area contributed by atoms with Crippen LogP contribution in [0.3, 0.4) is 0 Å². The predicted octanol–water partition coefficient (Wildman–Crippen LogP) is 4.15. The minimum absolute atomic E-state index is 0.384. The molecule has 80 valence electrons. The number of hydrogen-bond acceptors (Lipinski definition) is 2. The normalized spacial score (nSPS) is 11.3. The molecule has 0 fully saturated rings. The van der Waals surface area contributed by atoms with Crippen LogP contribution >= 0.6 is 22.9 Å². The molecule has 0 saturated heterocycles. The zero-order valence-electron chi connectivity index (χ0n) is 8.99. The van der Waals surface area contributed by atoms with Gasteiger partial charge in [0.15, 0.2) is 0 Å². The van der Waals surface area contributed by atoms with Gasteiger partial charge in [-0.3, -0.25) is 4.68 Å². The third-order valence-electron chi connectivity index (χ3n) is 2.31. The zero-order valence-corrected chi connectivity index (χ0v) is 10.6. The number of aromatic nitrogens is 2. The van der Waals surface area contributed by atoms with Crippen molar-refractivity contribution in [1.82, 2.24) is 9.78 Å². The molecular weight excluding hydrogens is 228 g/mol. The second-order valence-electron chi connectivity index (χ2n) is 3.87. The van der Waals surface area contributed by atoms with Gasteiger partial charge >= 0.3 is 0 Å². The average molecular weight is 241 g/mol. The molecule has 4 heteroatoms. The lowest BCUT2D eigenvalue weighted by molar-refractivity contribution is 0.533. The van der Waals surface area contributed by atoms with Gasteiger partial charge in [0.1, 0.15) is 0 Å². The Labute approximate surface area is 98.5 Å². The molecule has 0 amide bonds. The van der Waals surface area contributed by atoms with E-state index in [1.54, 1.807) is 11.3 Å². The van der Waals surface area contributed by atoms with Crippen LogP contribution in [0, 0.1) is 6.92 Å². The van der Waals surface area contributed by atoms with Gasteiger partial charge in [0.25, 0.3) is 0 Å². The molecule has 0 N–H and O–H groups in total. The molecule has 0 spiro atoms. The van der Waals surface area contributed by atoms with E-state index in [0.717, 1.165) is 16.3 Å². The molecule has 0 aliphatic carbocycles. The summed E-state index contributed by atoms with van der Waals surface area (Å²) in [6.45, 7) is 6.30. The van der Waals surface area contributed by atoms with E-state index in [-0.39, 0.29) is 0 Å². The maximum absolute atomic E-state index is 6.10. The van der Waals surface area contributed by atoms with Gasteiger partial charge in [-0.2, -0.15) is 16.4 Å². The molecule has 0 radical (unpaired) electrons. The molecule has 2 nitrogen and oxygen atoms in total. The Bertz CT molecular complexity index is 471. The lowest BCUT2D eigenvalue weighted by Gasteiger charge is -2.03. The second-order valence-corrected chi connectivity index (χ2v) is 5.02. The summed E-state index contributed by atoms with van der Waals surface area (Å²) < 4.78 is 1.97. The Hall–Kier alpha value is -0.800. The van der Waals surface area contributed by atoms with Crippen molar-refractivity contribution < 1.29 is 0 Å². The number of nitrogens with zero attached hydrogens (tertiary/aromatic N) is 2. The number of thiophene rings is 1. The lowest BCUT2D eigenvalue weighted by atomic mass is 10.2. The third kappa shape index (κ3) is 1.94. The second kappa shape index (κ2) is 3.99. The molecule has 15 heavy (non-hydrogen) atoms.